The minimum atomic E-state index is 0.00302. The lowest BCUT2D eigenvalue weighted by molar-refractivity contribution is 0.0288. The molecule has 0 amide bonds. The summed E-state index contributed by atoms with van der Waals surface area (Å²) in [5, 5.41) is 0. The maximum atomic E-state index is 6.04. The molecule has 140 valence electrons. The van der Waals surface area contributed by atoms with Crippen LogP contribution in [0.15, 0.2) is 67.0 Å². The Bertz CT molecular complexity index is 868. The molecule has 0 bridgehead atoms. The Morgan fingerprint density at radius 2 is 1.74 bits per heavy atom. The van der Waals surface area contributed by atoms with Crippen molar-refractivity contribution in [3.05, 3.63) is 83.7 Å². The monoisotopic (exact) mass is 362 g/mol. The Morgan fingerprint density at radius 3 is 2.44 bits per heavy atom. The molecule has 3 aromatic rings. The van der Waals surface area contributed by atoms with Gasteiger partial charge in [-0.3, -0.25) is 4.90 Å². The Kier molecular flexibility index (Phi) is 5.28. The van der Waals surface area contributed by atoms with Crippen molar-refractivity contribution in [1.29, 1.82) is 0 Å². The highest BCUT2D eigenvalue weighted by atomic mass is 16.5. The molecule has 27 heavy (non-hydrogen) atoms. The fraction of sp³-hybridized carbons (Fsp3) is 0.304. The predicted octanol–water partition coefficient (Wildman–Crippen LogP) is 4.58. The van der Waals surface area contributed by atoms with Crippen LogP contribution < -0.4 is 4.74 Å². The summed E-state index contributed by atoms with van der Waals surface area (Å²) in [5.41, 5.74) is 5.00. The molecule has 1 saturated heterocycles. The largest absolute Gasteiger partial charge is 0.497 e. The lowest BCUT2D eigenvalue weighted by atomic mass is 10.1. The summed E-state index contributed by atoms with van der Waals surface area (Å²) in [6.07, 6.45) is 5.36. The summed E-state index contributed by atoms with van der Waals surface area (Å²) in [6.45, 7) is 4.74. The highest BCUT2D eigenvalue weighted by Gasteiger charge is 2.27. The second-order valence-electron chi connectivity index (χ2n) is 6.91. The maximum absolute atomic E-state index is 6.04. The molecule has 1 aliphatic heterocycles. The highest BCUT2D eigenvalue weighted by Crippen LogP contribution is 2.29. The van der Waals surface area contributed by atoms with Crippen LogP contribution in [0.2, 0.25) is 0 Å². The average Bonchev–Trinajstić information content (AvgIpc) is 3.38. The number of methoxy groups -OCH3 is 1. The van der Waals surface area contributed by atoms with Gasteiger partial charge < -0.3 is 14.0 Å². The van der Waals surface area contributed by atoms with Gasteiger partial charge in [-0.1, -0.05) is 31.2 Å². The first-order valence-electron chi connectivity index (χ1n) is 9.52. The summed E-state index contributed by atoms with van der Waals surface area (Å²) in [6, 6.07) is 19.2. The van der Waals surface area contributed by atoms with Gasteiger partial charge in [0.15, 0.2) is 0 Å². The van der Waals surface area contributed by atoms with E-state index in [1.54, 1.807) is 7.11 Å². The molecule has 0 saturated carbocycles. The van der Waals surface area contributed by atoms with E-state index in [1.165, 1.54) is 22.4 Å². The number of hydrogen-bond acceptors (Lipinski definition) is 3. The van der Waals surface area contributed by atoms with Gasteiger partial charge in [0.25, 0.3) is 0 Å². The number of hydrogen-bond donors (Lipinski definition) is 0. The van der Waals surface area contributed by atoms with Gasteiger partial charge in [0, 0.05) is 36.7 Å². The van der Waals surface area contributed by atoms with Crippen molar-refractivity contribution < 1.29 is 9.47 Å². The summed E-state index contributed by atoms with van der Waals surface area (Å²) in [5.74, 6) is 0.888. The Hall–Kier alpha value is -2.56. The molecule has 4 rings (SSSR count). The molecule has 4 nitrogen and oxygen atoms in total. The number of aryl methyl sites for hydroxylation is 1. The van der Waals surface area contributed by atoms with E-state index in [0.717, 1.165) is 31.9 Å². The third-order valence-electron chi connectivity index (χ3n) is 5.17. The molecule has 0 aliphatic carbocycles. The van der Waals surface area contributed by atoms with E-state index in [-0.39, 0.29) is 6.23 Å². The molecule has 0 spiro atoms. The SMILES string of the molecule is CCc1ccc(-n2ccc(C3OCCN3Cc3ccc(OC)cc3)c2)cc1. The third-order valence-corrected chi connectivity index (χ3v) is 5.17. The summed E-state index contributed by atoms with van der Waals surface area (Å²) in [4.78, 5) is 2.38. The molecular weight excluding hydrogens is 336 g/mol. The van der Waals surface area contributed by atoms with Gasteiger partial charge >= 0.3 is 0 Å². The van der Waals surface area contributed by atoms with Gasteiger partial charge in [0.05, 0.1) is 13.7 Å². The van der Waals surface area contributed by atoms with E-state index >= 15 is 0 Å². The van der Waals surface area contributed by atoms with E-state index in [4.69, 9.17) is 9.47 Å². The van der Waals surface area contributed by atoms with E-state index in [9.17, 15) is 0 Å². The van der Waals surface area contributed by atoms with Gasteiger partial charge in [0.1, 0.15) is 12.0 Å². The van der Waals surface area contributed by atoms with Crippen molar-refractivity contribution in [2.24, 2.45) is 0 Å². The Morgan fingerprint density at radius 1 is 1.00 bits per heavy atom. The lowest BCUT2D eigenvalue weighted by Gasteiger charge is -2.22. The molecule has 2 aromatic carbocycles. The van der Waals surface area contributed by atoms with Crippen LogP contribution in [-0.4, -0.2) is 29.7 Å². The maximum Gasteiger partial charge on any atom is 0.138 e. The van der Waals surface area contributed by atoms with Gasteiger partial charge in [-0.05, 0) is 47.9 Å². The van der Waals surface area contributed by atoms with E-state index < -0.39 is 0 Å². The molecule has 1 aliphatic rings. The quantitative estimate of drug-likeness (QED) is 0.642. The fourth-order valence-electron chi connectivity index (χ4n) is 3.56. The zero-order chi connectivity index (χ0) is 18.6. The van der Waals surface area contributed by atoms with Gasteiger partial charge in [-0.2, -0.15) is 0 Å². The van der Waals surface area contributed by atoms with Crippen LogP contribution in [-0.2, 0) is 17.7 Å². The molecule has 1 atom stereocenters. The second kappa shape index (κ2) is 7.99. The zero-order valence-electron chi connectivity index (χ0n) is 16.0. The fourth-order valence-corrected chi connectivity index (χ4v) is 3.56. The smallest absolute Gasteiger partial charge is 0.138 e. The third kappa shape index (κ3) is 3.92. The standard InChI is InChI=1S/C23H26N2O2/c1-3-18-4-8-21(9-5-18)24-13-12-20(17-24)23-25(14-15-27-23)16-19-6-10-22(26-2)11-7-19/h4-13,17,23H,3,14-16H2,1-2H3. The Labute approximate surface area is 161 Å². The van der Waals surface area contributed by atoms with E-state index in [1.807, 2.05) is 12.1 Å². The first kappa shape index (κ1) is 17.8. The summed E-state index contributed by atoms with van der Waals surface area (Å²) >= 11 is 0. The van der Waals surface area contributed by atoms with Crippen molar-refractivity contribution in [3.8, 4) is 11.4 Å². The van der Waals surface area contributed by atoms with Crippen LogP contribution >= 0.6 is 0 Å². The molecule has 1 aromatic heterocycles. The minimum absolute atomic E-state index is 0.00302. The normalized spacial score (nSPS) is 17.3. The number of rotatable bonds is 6. The van der Waals surface area contributed by atoms with Gasteiger partial charge in [-0.25, -0.2) is 0 Å². The van der Waals surface area contributed by atoms with Crippen LogP contribution in [0.1, 0.15) is 29.8 Å². The van der Waals surface area contributed by atoms with Crippen molar-refractivity contribution in [2.75, 3.05) is 20.3 Å². The lowest BCUT2D eigenvalue weighted by Crippen LogP contribution is -2.23. The molecule has 1 unspecified atom stereocenters. The summed E-state index contributed by atoms with van der Waals surface area (Å²) in [7, 11) is 1.69. The van der Waals surface area contributed by atoms with Crippen molar-refractivity contribution in [1.82, 2.24) is 9.47 Å². The van der Waals surface area contributed by atoms with E-state index in [0.29, 0.717) is 0 Å². The predicted molar refractivity (Wildman–Crippen MR) is 107 cm³/mol. The Balaban J connectivity index is 1.49. The number of nitrogens with zero attached hydrogens (tertiary/aromatic N) is 2. The number of aromatic nitrogens is 1. The van der Waals surface area contributed by atoms with Crippen molar-refractivity contribution in [3.63, 3.8) is 0 Å². The topological polar surface area (TPSA) is 26.6 Å². The number of benzene rings is 2. The van der Waals surface area contributed by atoms with Gasteiger partial charge in [0.2, 0.25) is 0 Å². The van der Waals surface area contributed by atoms with Crippen LogP contribution in [0.25, 0.3) is 5.69 Å². The molecule has 1 fully saturated rings. The number of ether oxygens (including phenoxy) is 2. The van der Waals surface area contributed by atoms with Crippen LogP contribution in [0.3, 0.4) is 0 Å². The van der Waals surface area contributed by atoms with Crippen LogP contribution in [0.5, 0.6) is 5.75 Å². The first-order valence-corrected chi connectivity index (χ1v) is 9.52. The van der Waals surface area contributed by atoms with E-state index in [2.05, 4.69) is 71.2 Å². The second-order valence-corrected chi connectivity index (χ2v) is 6.91. The molecule has 0 radical (unpaired) electrons. The summed E-state index contributed by atoms with van der Waals surface area (Å²) < 4.78 is 13.5. The molecular formula is C23H26N2O2. The zero-order valence-corrected chi connectivity index (χ0v) is 16.0. The molecule has 0 N–H and O–H groups in total. The van der Waals surface area contributed by atoms with Crippen LogP contribution in [0, 0.1) is 0 Å². The average molecular weight is 362 g/mol. The van der Waals surface area contributed by atoms with Crippen molar-refractivity contribution >= 4 is 0 Å². The van der Waals surface area contributed by atoms with Gasteiger partial charge in [-0.15, -0.1) is 0 Å². The first-order chi connectivity index (χ1) is 13.3. The van der Waals surface area contributed by atoms with Crippen LogP contribution in [0.4, 0.5) is 0 Å². The molecule has 2 heterocycles. The molecule has 4 heteroatoms. The highest BCUT2D eigenvalue weighted by molar-refractivity contribution is 5.37. The minimum Gasteiger partial charge on any atom is -0.497 e. The van der Waals surface area contributed by atoms with Crippen molar-refractivity contribution in [2.45, 2.75) is 26.1 Å².